The third-order valence-electron chi connectivity index (χ3n) is 6.23. The van der Waals surface area contributed by atoms with E-state index in [1.165, 1.54) is 44.1 Å². The Balaban J connectivity index is 1.46. The molecule has 0 spiro atoms. The van der Waals surface area contributed by atoms with Crippen molar-refractivity contribution >= 4 is 0 Å². The van der Waals surface area contributed by atoms with Crippen molar-refractivity contribution in [3.63, 3.8) is 0 Å². The first-order chi connectivity index (χ1) is 11.2. The zero-order valence-corrected chi connectivity index (χ0v) is 14.4. The molecule has 23 heavy (non-hydrogen) atoms. The van der Waals surface area contributed by atoms with Crippen LogP contribution in [0.1, 0.15) is 51.0 Å². The lowest BCUT2D eigenvalue weighted by Gasteiger charge is -2.57. The summed E-state index contributed by atoms with van der Waals surface area (Å²) in [5, 5.41) is 3.95. The Kier molecular flexibility index (Phi) is 4.00. The van der Waals surface area contributed by atoms with Crippen LogP contribution < -0.4 is 14.8 Å². The van der Waals surface area contributed by atoms with Crippen LogP contribution in [0.4, 0.5) is 0 Å². The van der Waals surface area contributed by atoms with E-state index in [0.717, 1.165) is 35.8 Å². The van der Waals surface area contributed by atoms with E-state index >= 15 is 0 Å². The molecule has 4 aliphatic rings. The average molecular weight is 315 g/mol. The standard InChI is InChI=1S/C20H29NO2/c1-3-23-19-9-14(4-5-18(19)22-2)13-21-20-10-15-6-16(11-20)8-17(7-15)12-20/h4-5,9,15-17,21H,3,6-8,10-13H2,1-2H3. The van der Waals surface area contributed by atoms with Crippen LogP contribution in [0.2, 0.25) is 0 Å². The summed E-state index contributed by atoms with van der Waals surface area (Å²) in [5.41, 5.74) is 1.71. The Labute approximate surface area is 139 Å². The van der Waals surface area contributed by atoms with E-state index < -0.39 is 0 Å². The van der Waals surface area contributed by atoms with E-state index in [1.54, 1.807) is 7.11 Å². The number of methoxy groups -OCH3 is 1. The van der Waals surface area contributed by atoms with Gasteiger partial charge in [0.1, 0.15) is 0 Å². The summed E-state index contributed by atoms with van der Waals surface area (Å²) >= 11 is 0. The first-order valence-corrected chi connectivity index (χ1v) is 9.24. The molecule has 1 aromatic carbocycles. The minimum absolute atomic E-state index is 0.417. The molecule has 0 atom stereocenters. The molecule has 4 bridgehead atoms. The van der Waals surface area contributed by atoms with Crippen LogP contribution in [0.25, 0.3) is 0 Å². The molecule has 0 radical (unpaired) electrons. The van der Waals surface area contributed by atoms with Gasteiger partial charge < -0.3 is 14.8 Å². The Hall–Kier alpha value is -1.22. The van der Waals surface area contributed by atoms with Gasteiger partial charge in [-0.15, -0.1) is 0 Å². The largest absolute Gasteiger partial charge is 0.493 e. The van der Waals surface area contributed by atoms with Crippen LogP contribution in [0.15, 0.2) is 18.2 Å². The minimum Gasteiger partial charge on any atom is -0.493 e. The molecule has 4 aliphatic carbocycles. The van der Waals surface area contributed by atoms with E-state index in [9.17, 15) is 0 Å². The Bertz CT molecular complexity index is 533. The second kappa shape index (κ2) is 6.01. The number of rotatable bonds is 6. The third kappa shape index (κ3) is 2.96. The first-order valence-electron chi connectivity index (χ1n) is 9.24. The molecule has 126 valence electrons. The van der Waals surface area contributed by atoms with Crippen molar-refractivity contribution in [2.24, 2.45) is 17.8 Å². The predicted molar refractivity (Wildman–Crippen MR) is 91.9 cm³/mol. The lowest BCUT2D eigenvalue weighted by atomic mass is 9.53. The van der Waals surface area contributed by atoms with Gasteiger partial charge in [0.15, 0.2) is 11.5 Å². The highest BCUT2D eigenvalue weighted by Gasteiger charge is 2.50. The van der Waals surface area contributed by atoms with Crippen molar-refractivity contribution < 1.29 is 9.47 Å². The van der Waals surface area contributed by atoms with Gasteiger partial charge in [0.05, 0.1) is 13.7 Å². The van der Waals surface area contributed by atoms with E-state index in [1.807, 2.05) is 13.0 Å². The van der Waals surface area contributed by atoms with E-state index in [4.69, 9.17) is 9.47 Å². The van der Waals surface area contributed by atoms with E-state index in [-0.39, 0.29) is 0 Å². The molecular formula is C20H29NO2. The summed E-state index contributed by atoms with van der Waals surface area (Å²) in [7, 11) is 1.70. The summed E-state index contributed by atoms with van der Waals surface area (Å²) in [5.74, 6) is 4.65. The zero-order valence-electron chi connectivity index (χ0n) is 14.4. The molecule has 0 unspecified atom stereocenters. The fourth-order valence-electron chi connectivity index (χ4n) is 5.72. The number of benzene rings is 1. The lowest BCUT2D eigenvalue weighted by Crippen LogP contribution is -2.58. The lowest BCUT2D eigenvalue weighted by molar-refractivity contribution is -0.0206. The van der Waals surface area contributed by atoms with Gasteiger partial charge in [-0.05, 0) is 80.9 Å². The van der Waals surface area contributed by atoms with Gasteiger partial charge in [0, 0.05) is 12.1 Å². The Morgan fingerprint density at radius 1 is 1.04 bits per heavy atom. The zero-order chi connectivity index (χ0) is 15.9. The SMILES string of the molecule is CCOc1cc(CNC23CC4CC(CC(C4)C2)C3)ccc1OC. The smallest absolute Gasteiger partial charge is 0.161 e. The molecule has 0 aromatic heterocycles. The van der Waals surface area contributed by atoms with Gasteiger partial charge in [0.25, 0.3) is 0 Å². The highest BCUT2D eigenvalue weighted by molar-refractivity contribution is 5.43. The van der Waals surface area contributed by atoms with Gasteiger partial charge in [-0.1, -0.05) is 6.07 Å². The Morgan fingerprint density at radius 3 is 2.26 bits per heavy atom. The number of hydrogen-bond acceptors (Lipinski definition) is 3. The number of ether oxygens (including phenoxy) is 2. The van der Waals surface area contributed by atoms with Crippen molar-refractivity contribution in [2.45, 2.75) is 57.5 Å². The Morgan fingerprint density at radius 2 is 1.70 bits per heavy atom. The van der Waals surface area contributed by atoms with Crippen LogP contribution in [0.5, 0.6) is 11.5 Å². The van der Waals surface area contributed by atoms with Crippen molar-refractivity contribution in [3.05, 3.63) is 23.8 Å². The number of hydrogen-bond donors (Lipinski definition) is 1. The minimum atomic E-state index is 0.417. The van der Waals surface area contributed by atoms with Gasteiger partial charge >= 0.3 is 0 Å². The molecule has 0 saturated heterocycles. The molecule has 3 nitrogen and oxygen atoms in total. The molecule has 0 aliphatic heterocycles. The van der Waals surface area contributed by atoms with Crippen molar-refractivity contribution in [1.82, 2.24) is 5.32 Å². The van der Waals surface area contributed by atoms with Gasteiger partial charge in [-0.25, -0.2) is 0 Å². The highest BCUT2D eigenvalue weighted by atomic mass is 16.5. The van der Waals surface area contributed by atoms with Crippen LogP contribution in [-0.4, -0.2) is 19.3 Å². The van der Waals surface area contributed by atoms with Crippen molar-refractivity contribution in [1.29, 1.82) is 0 Å². The summed E-state index contributed by atoms with van der Waals surface area (Å²) in [4.78, 5) is 0. The van der Waals surface area contributed by atoms with Crippen molar-refractivity contribution in [2.75, 3.05) is 13.7 Å². The van der Waals surface area contributed by atoms with Gasteiger partial charge in [-0.3, -0.25) is 0 Å². The highest BCUT2D eigenvalue weighted by Crippen LogP contribution is 2.55. The average Bonchev–Trinajstić information content (AvgIpc) is 2.52. The van der Waals surface area contributed by atoms with Crippen LogP contribution in [-0.2, 0) is 6.54 Å². The maximum atomic E-state index is 5.71. The molecule has 4 fully saturated rings. The molecule has 5 rings (SSSR count). The maximum Gasteiger partial charge on any atom is 0.161 e. The molecule has 1 aromatic rings. The summed E-state index contributed by atoms with van der Waals surface area (Å²) in [6.45, 7) is 3.62. The summed E-state index contributed by atoms with van der Waals surface area (Å²) < 4.78 is 11.1. The molecule has 4 saturated carbocycles. The van der Waals surface area contributed by atoms with Gasteiger partial charge in [0.2, 0.25) is 0 Å². The van der Waals surface area contributed by atoms with Crippen LogP contribution in [0.3, 0.4) is 0 Å². The second-order valence-electron chi connectivity index (χ2n) is 7.97. The van der Waals surface area contributed by atoms with Crippen LogP contribution in [0, 0.1) is 17.8 Å². The first kappa shape index (κ1) is 15.3. The fourth-order valence-corrected chi connectivity index (χ4v) is 5.72. The molecular weight excluding hydrogens is 286 g/mol. The van der Waals surface area contributed by atoms with Gasteiger partial charge in [-0.2, -0.15) is 0 Å². The fraction of sp³-hybridized carbons (Fsp3) is 0.700. The maximum absolute atomic E-state index is 5.71. The quantitative estimate of drug-likeness (QED) is 0.855. The van der Waals surface area contributed by atoms with Crippen LogP contribution >= 0.6 is 0 Å². The second-order valence-corrected chi connectivity index (χ2v) is 7.97. The predicted octanol–water partition coefficient (Wildman–Crippen LogP) is 4.15. The van der Waals surface area contributed by atoms with Crippen molar-refractivity contribution in [3.8, 4) is 11.5 Å². The summed E-state index contributed by atoms with van der Waals surface area (Å²) in [6, 6.07) is 6.33. The molecule has 0 heterocycles. The molecule has 3 heteroatoms. The molecule has 1 N–H and O–H groups in total. The molecule has 0 amide bonds. The van der Waals surface area contributed by atoms with E-state index in [0.29, 0.717) is 12.1 Å². The third-order valence-corrected chi connectivity index (χ3v) is 6.23. The number of nitrogens with one attached hydrogen (secondary N) is 1. The topological polar surface area (TPSA) is 30.5 Å². The summed E-state index contributed by atoms with van der Waals surface area (Å²) in [6.07, 6.45) is 8.68. The normalized spacial score (nSPS) is 34.6. The van der Waals surface area contributed by atoms with E-state index in [2.05, 4.69) is 17.4 Å². The monoisotopic (exact) mass is 315 g/mol.